The zero-order valence-corrected chi connectivity index (χ0v) is 11.1. The highest BCUT2D eigenvalue weighted by Crippen LogP contribution is 2.17. The quantitative estimate of drug-likeness (QED) is 0.716. The average molecular weight is 251 g/mol. The summed E-state index contributed by atoms with van der Waals surface area (Å²) in [6.45, 7) is 3.37. The van der Waals surface area contributed by atoms with Crippen LogP contribution < -0.4 is 10.1 Å². The lowest BCUT2D eigenvalue weighted by atomic mass is 10.1. The van der Waals surface area contributed by atoms with E-state index in [2.05, 4.69) is 5.32 Å². The smallest absolute Gasteiger partial charge is 0.246 e. The second-order valence-electron chi connectivity index (χ2n) is 3.96. The number of amides is 1. The van der Waals surface area contributed by atoms with E-state index in [1.165, 1.54) is 0 Å². The van der Waals surface area contributed by atoms with Gasteiger partial charge in [0.15, 0.2) is 0 Å². The summed E-state index contributed by atoms with van der Waals surface area (Å²) in [5.74, 6) is 0.785. The Morgan fingerprint density at radius 2 is 2.11 bits per heavy atom. The molecule has 0 aliphatic carbocycles. The van der Waals surface area contributed by atoms with Crippen LogP contribution >= 0.6 is 0 Å². The van der Waals surface area contributed by atoms with Crippen LogP contribution in [0.25, 0.3) is 0 Å². The molecule has 1 N–H and O–H groups in total. The van der Waals surface area contributed by atoms with Gasteiger partial charge in [0.2, 0.25) is 5.91 Å². The van der Waals surface area contributed by atoms with Crippen molar-refractivity contribution in [3.8, 4) is 5.75 Å². The molecular weight excluding hydrogens is 230 g/mol. The molecule has 0 spiro atoms. The predicted molar refractivity (Wildman–Crippen MR) is 70.8 cm³/mol. The highest BCUT2D eigenvalue weighted by molar-refractivity contribution is 5.77. The van der Waals surface area contributed by atoms with E-state index in [4.69, 9.17) is 9.47 Å². The van der Waals surface area contributed by atoms with Crippen molar-refractivity contribution in [2.75, 3.05) is 26.9 Å². The van der Waals surface area contributed by atoms with Gasteiger partial charge in [-0.15, -0.1) is 0 Å². The number of rotatable bonds is 8. The molecule has 0 radical (unpaired) electrons. The number of carbonyl (C=O) groups is 1. The summed E-state index contributed by atoms with van der Waals surface area (Å²) in [4.78, 5) is 11.4. The zero-order valence-electron chi connectivity index (χ0n) is 11.1. The van der Waals surface area contributed by atoms with Gasteiger partial charge in [0.25, 0.3) is 0 Å². The maximum atomic E-state index is 11.4. The minimum atomic E-state index is -0.0710. The predicted octanol–water partition coefficient (Wildman–Crippen LogP) is 1.78. The fourth-order valence-electron chi connectivity index (χ4n) is 1.61. The summed E-state index contributed by atoms with van der Waals surface area (Å²) < 4.78 is 10.4. The summed E-state index contributed by atoms with van der Waals surface area (Å²) in [6.07, 6.45) is 1.68. The third kappa shape index (κ3) is 5.19. The Bertz CT molecular complexity index is 366. The lowest BCUT2D eigenvalue weighted by Gasteiger charge is -2.09. The molecule has 0 bridgehead atoms. The first-order valence-electron chi connectivity index (χ1n) is 6.24. The van der Waals surface area contributed by atoms with E-state index in [9.17, 15) is 4.79 Å². The molecule has 1 rings (SSSR count). The molecule has 0 atom stereocenters. The molecule has 18 heavy (non-hydrogen) atoms. The van der Waals surface area contributed by atoms with Gasteiger partial charge in [0.05, 0.1) is 7.11 Å². The summed E-state index contributed by atoms with van der Waals surface area (Å²) >= 11 is 0. The Balaban J connectivity index is 2.26. The molecule has 1 aromatic carbocycles. The van der Waals surface area contributed by atoms with Crippen LogP contribution in [0, 0.1) is 0 Å². The molecule has 0 fully saturated rings. The van der Waals surface area contributed by atoms with Crippen molar-refractivity contribution < 1.29 is 14.3 Å². The molecule has 4 nitrogen and oxygen atoms in total. The topological polar surface area (TPSA) is 47.6 Å². The number of methoxy groups -OCH3 is 1. The number of ether oxygens (including phenoxy) is 2. The monoisotopic (exact) mass is 251 g/mol. The first-order chi connectivity index (χ1) is 8.77. The van der Waals surface area contributed by atoms with Crippen molar-refractivity contribution in [2.24, 2.45) is 0 Å². The number of hydrogen-bond acceptors (Lipinski definition) is 3. The number of para-hydroxylation sites is 1. The lowest BCUT2D eigenvalue weighted by molar-refractivity contribution is -0.125. The standard InChI is InChI=1S/C14H21NO3/c1-3-10-18-11-14(16)15-9-8-12-6-4-5-7-13(12)17-2/h4-7H,3,8-11H2,1-2H3,(H,15,16). The van der Waals surface area contributed by atoms with E-state index >= 15 is 0 Å². The third-order valence-corrected chi connectivity index (χ3v) is 2.49. The van der Waals surface area contributed by atoms with Crippen LogP contribution in [0.5, 0.6) is 5.75 Å². The molecule has 0 saturated carbocycles. The van der Waals surface area contributed by atoms with Crippen molar-refractivity contribution in [1.82, 2.24) is 5.32 Å². The SMILES string of the molecule is CCCOCC(=O)NCCc1ccccc1OC. The number of hydrogen-bond donors (Lipinski definition) is 1. The maximum Gasteiger partial charge on any atom is 0.246 e. The van der Waals surface area contributed by atoms with Crippen molar-refractivity contribution in [1.29, 1.82) is 0 Å². The van der Waals surface area contributed by atoms with Gasteiger partial charge in [-0.05, 0) is 24.5 Å². The van der Waals surface area contributed by atoms with Gasteiger partial charge in [-0.25, -0.2) is 0 Å². The van der Waals surface area contributed by atoms with Gasteiger partial charge in [-0.3, -0.25) is 4.79 Å². The van der Waals surface area contributed by atoms with Crippen molar-refractivity contribution in [3.05, 3.63) is 29.8 Å². The van der Waals surface area contributed by atoms with Crippen LogP contribution in [0.4, 0.5) is 0 Å². The molecule has 1 amide bonds. The van der Waals surface area contributed by atoms with Crippen molar-refractivity contribution >= 4 is 5.91 Å². The van der Waals surface area contributed by atoms with Crippen LogP contribution in [0.15, 0.2) is 24.3 Å². The van der Waals surface area contributed by atoms with E-state index in [0.717, 1.165) is 24.2 Å². The first-order valence-corrected chi connectivity index (χ1v) is 6.24. The Morgan fingerprint density at radius 1 is 1.33 bits per heavy atom. The second-order valence-corrected chi connectivity index (χ2v) is 3.96. The lowest BCUT2D eigenvalue weighted by Crippen LogP contribution is -2.29. The Morgan fingerprint density at radius 3 is 2.83 bits per heavy atom. The van der Waals surface area contributed by atoms with Gasteiger partial charge >= 0.3 is 0 Å². The van der Waals surface area contributed by atoms with Crippen LogP contribution in [0.1, 0.15) is 18.9 Å². The zero-order chi connectivity index (χ0) is 13.2. The largest absolute Gasteiger partial charge is 0.496 e. The van der Waals surface area contributed by atoms with Crippen molar-refractivity contribution in [2.45, 2.75) is 19.8 Å². The molecule has 0 unspecified atom stereocenters. The van der Waals surface area contributed by atoms with E-state index in [1.54, 1.807) is 7.11 Å². The molecule has 0 saturated heterocycles. The second kappa shape index (κ2) is 8.53. The van der Waals surface area contributed by atoms with Crippen LogP contribution in [-0.4, -0.2) is 32.8 Å². The van der Waals surface area contributed by atoms with Gasteiger partial charge in [-0.2, -0.15) is 0 Å². The third-order valence-electron chi connectivity index (χ3n) is 2.49. The molecule has 0 aromatic heterocycles. The molecule has 0 aliphatic rings. The molecule has 0 heterocycles. The molecule has 4 heteroatoms. The molecular formula is C14H21NO3. The van der Waals surface area contributed by atoms with Gasteiger partial charge in [-0.1, -0.05) is 25.1 Å². The number of carbonyl (C=O) groups excluding carboxylic acids is 1. The summed E-state index contributed by atoms with van der Waals surface area (Å²) in [7, 11) is 1.65. The Kier molecular flexibility index (Phi) is 6.87. The molecule has 0 aliphatic heterocycles. The van der Waals surface area contributed by atoms with Crippen LogP contribution in [0.3, 0.4) is 0 Å². The minimum absolute atomic E-state index is 0.0710. The van der Waals surface area contributed by atoms with E-state index in [1.807, 2.05) is 31.2 Å². The Hall–Kier alpha value is -1.55. The Labute approximate surface area is 108 Å². The number of nitrogens with one attached hydrogen (secondary N) is 1. The van der Waals surface area contributed by atoms with E-state index in [0.29, 0.717) is 13.2 Å². The highest BCUT2D eigenvalue weighted by Gasteiger charge is 2.03. The van der Waals surface area contributed by atoms with Gasteiger partial charge in [0, 0.05) is 13.2 Å². The highest BCUT2D eigenvalue weighted by atomic mass is 16.5. The first kappa shape index (κ1) is 14.5. The van der Waals surface area contributed by atoms with Gasteiger partial charge in [0.1, 0.15) is 12.4 Å². The van der Waals surface area contributed by atoms with E-state index < -0.39 is 0 Å². The van der Waals surface area contributed by atoms with Crippen molar-refractivity contribution in [3.63, 3.8) is 0 Å². The molecule has 1 aromatic rings. The maximum absolute atomic E-state index is 11.4. The summed E-state index contributed by atoms with van der Waals surface area (Å²) in [5, 5.41) is 2.82. The minimum Gasteiger partial charge on any atom is -0.496 e. The van der Waals surface area contributed by atoms with Crippen LogP contribution in [-0.2, 0) is 16.0 Å². The van der Waals surface area contributed by atoms with Gasteiger partial charge < -0.3 is 14.8 Å². The van der Waals surface area contributed by atoms with Crippen LogP contribution in [0.2, 0.25) is 0 Å². The number of benzene rings is 1. The average Bonchev–Trinajstić information content (AvgIpc) is 2.39. The molecule has 100 valence electrons. The van der Waals surface area contributed by atoms with E-state index in [-0.39, 0.29) is 12.5 Å². The normalized spacial score (nSPS) is 10.1. The summed E-state index contributed by atoms with van der Waals surface area (Å²) in [5.41, 5.74) is 1.09. The summed E-state index contributed by atoms with van der Waals surface area (Å²) in [6, 6.07) is 7.81. The fraction of sp³-hybridized carbons (Fsp3) is 0.500. The fourth-order valence-corrected chi connectivity index (χ4v) is 1.61.